The van der Waals surface area contributed by atoms with E-state index in [1.54, 1.807) is 0 Å². The Labute approximate surface area is 91.5 Å². The summed E-state index contributed by atoms with van der Waals surface area (Å²) in [4.78, 5) is 13.6. The van der Waals surface area contributed by atoms with Crippen LogP contribution in [0.2, 0.25) is 0 Å². The fourth-order valence-electron chi connectivity index (χ4n) is 3.07. The van der Waals surface area contributed by atoms with Crippen LogP contribution in [0.5, 0.6) is 0 Å². The third kappa shape index (κ3) is 1.78. The molecule has 1 N–H and O–H groups in total. The van der Waals surface area contributed by atoms with Gasteiger partial charge in [0, 0.05) is 6.04 Å². The van der Waals surface area contributed by atoms with Gasteiger partial charge >= 0.3 is 5.97 Å². The number of piperidine rings is 1. The summed E-state index contributed by atoms with van der Waals surface area (Å²) in [6, 6.07) is 0.529. The van der Waals surface area contributed by atoms with E-state index in [-0.39, 0.29) is 0 Å². The van der Waals surface area contributed by atoms with Crippen LogP contribution in [0, 0.1) is 5.92 Å². The standard InChI is InChI=1S/C12H21NO2/c1-9-7-10(8-9)13-6-4-3-5-12(13,2)11(14)15/h9-10H,3-8H2,1-2H3,(H,14,15). The van der Waals surface area contributed by atoms with Gasteiger partial charge in [-0.25, -0.2) is 0 Å². The monoisotopic (exact) mass is 211 g/mol. The first-order chi connectivity index (χ1) is 7.04. The number of rotatable bonds is 2. The molecular formula is C12H21NO2. The average Bonchev–Trinajstić information content (AvgIpc) is 2.14. The number of hydrogen-bond acceptors (Lipinski definition) is 2. The van der Waals surface area contributed by atoms with Crippen LogP contribution >= 0.6 is 0 Å². The predicted octanol–water partition coefficient (Wildman–Crippen LogP) is 2.11. The molecule has 0 bridgehead atoms. The number of carboxylic acids is 1. The number of nitrogens with zero attached hydrogens (tertiary/aromatic N) is 1. The first-order valence-electron chi connectivity index (χ1n) is 6.04. The van der Waals surface area contributed by atoms with Gasteiger partial charge in [0.2, 0.25) is 0 Å². The van der Waals surface area contributed by atoms with E-state index in [1.165, 1.54) is 12.8 Å². The summed E-state index contributed by atoms with van der Waals surface area (Å²) >= 11 is 0. The van der Waals surface area contributed by atoms with Crippen molar-refractivity contribution in [3.8, 4) is 0 Å². The van der Waals surface area contributed by atoms with E-state index in [4.69, 9.17) is 0 Å². The lowest BCUT2D eigenvalue weighted by molar-refractivity contribution is -0.157. The third-order valence-corrected chi connectivity index (χ3v) is 4.20. The Kier molecular flexibility index (Phi) is 2.75. The predicted molar refractivity (Wildman–Crippen MR) is 58.8 cm³/mol. The Balaban J connectivity index is 2.09. The molecule has 0 spiro atoms. The molecule has 3 nitrogen and oxygen atoms in total. The molecule has 1 heterocycles. The van der Waals surface area contributed by atoms with E-state index in [9.17, 15) is 9.90 Å². The summed E-state index contributed by atoms with van der Waals surface area (Å²) in [5.41, 5.74) is -0.594. The molecule has 1 saturated heterocycles. The molecule has 1 unspecified atom stereocenters. The van der Waals surface area contributed by atoms with E-state index in [0.717, 1.165) is 31.7 Å². The maximum atomic E-state index is 11.4. The second-order valence-electron chi connectivity index (χ2n) is 5.46. The zero-order chi connectivity index (χ0) is 11.1. The maximum absolute atomic E-state index is 11.4. The summed E-state index contributed by atoms with van der Waals surface area (Å²) in [7, 11) is 0. The zero-order valence-electron chi connectivity index (χ0n) is 9.70. The lowest BCUT2D eigenvalue weighted by Crippen LogP contribution is -2.61. The smallest absolute Gasteiger partial charge is 0.323 e. The molecule has 15 heavy (non-hydrogen) atoms. The highest BCUT2D eigenvalue weighted by Crippen LogP contribution is 2.39. The van der Waals surface area contributed by atoms with E-state index in [2.05, 4.69) is 11.8 Å². The molecule has 2 aliphatic rings. The summed E-state index contributed by atoms with van der Waals surface area (Å²) < 4.78 is 0. The Bertz CT molecular complexity index is 260. The molecule has 2 rings (SSSR count). The second kappa shape index (κ2) is 3.78. The summed E-state index contributed by atoms with van der Waals surface area (Å²) in [5.74, 6) is 0.150. The number of hydrogen-bond donors (Lipinski definition) is 1. The van der Waals surface area contributed by atoms with Crippen LogP contribution in [0.1, 0.15) is 46.0 Å². The summed E-state index contributed by atoms with van der Waals surface area (Å²) in [6.07, 6.45) is 5.40. The molecule has 86 valence electrons. The summed E-state index contributed by atoms with van der Waals surface area (Å²) in [6.45, 7) is 5.12. The first kappa shape index (κ1) is 10.9. The van der Waals surface area contributed by atoms with Crippen molar-refractivity contribution >= 4 is 5.97 Å². The highest BCUT2D eigenvalue weighted by Gasteiger charge is 2.46. The highest BCUT2D eigenvalue weighted by molar-refractivity contribution is 5.78. The van der Waals surface area contributed by atoms with E-state index >= 15 is 0 Å². The summed E-state index contributed by atoms with van der Waals surface area (Å²) in [5, 5.41) is 9.36. The van der Waals surface area contributed by atoms with Crippen molar-refractivity contribution in [2.75, 3.05) is 6.54 Å². The van der Waals surface area contributed by atoms with Gasteiger partial charge in [0.15, 0.2) is 0 Å². The molecule has 1 atom stereocenters. The minimum atomic E-state index is -0.637. The third-order valence-electron chi connectivity index (χ3n) is 4.20. The highest BCUT2D eigenvalue weighted by atomic mass is 16.4. The van der Waals surface area contributed by atoms with Crippen LogP contribution in [0.3, 0.4) is 0 Å². The van der Waals surface area contributed by atoms with Crippen molar-refractivity contribution in [3.63, 3.8) is 0 Å². The van der Waals surface area contributed by atoms with Crippen LogP contribution in [0.25, 0.3) is 0 Å². The molecule has 3 heteroatoms. The van der Waals surface area contributed by atoms with Crippen molar-refractivity contribution in [2.24, 2.45) is 5.92 Å². The van der Waals surface area contributed by atoms with E-state index < -0.39 is 11.5 Å². The molecule has 0 aromatic rings. The van der Waals surface area contributed by atoms with Crippen molar-refractivity contribution in [2.45, 2.75) is 57.5 Å². The Morgan fingerprint density at radius 2 is 2.07 bits per heavy atom. The normalized spacial score (nSPS) is 42.3. The fraction of sp³-hybridized carbons (Fsp3) is 0.917. The first-order valence-corrected chi connectivity index (χ1v) is 6.04. The second-order valence-corrected chi connectivity index (χ2v) is 5.46. The van der Waals surface area contributed by atoms with Crippen LogP contribution in [-0.4, -0.2) is 34.1 Å². The van der Waals surface area contributed by atoms with Crippen molar-refractivity contribution in [3.05, 3.63) is 0 Å². The Hall–Kier alpha value is -0.570. The lowest BCUT2D eigenvalue weighted by Gasteiger charge is -2.51. The van der Waals surface area contributed by atoms with Crippen molar-refractivity contribution in [1.29, 1.82) is 0 Å². The van der Waals surface area contributed by atoms with Gasteiger partial charge in [0.05, 0.1) is 0 Å². The van der Waals surface area contributed by atoms with E-state index in [0.29, 0.717) is 6.04 Å². The van der Waals surface area contributed by atoms with Gasteiger partial charge in [-0.3, -0.25) is 9.69 Å². The molecular weight excluding hydrogens is 190 g/mol. The van der Waals surface area contributed by atoms with Crippen LogP contribution < -0.4 is 0 Å². The lowest BCUT2D eigenvalue weighted by atomic mass is 9.76. The molecule has 0 aromatic heterocycles. The minimum absolute atomic E-state index is 0.529. The van der Waals surface area contributed by atoms with Crippen molar-refractivity contribution in [1.82, 2.24) is 4.90 Å². The van der Waals surface area contributed by atoms with Crippen molar-refractivity contribution < 1.29 is 9.90 Å². The van der Waals surface area contributed by atoms with E-state index in [1.807, 2.05) is 6.92 Å². The number of aliphatic carboxylic acids is 1. The van der Waals surface area contributed by atoms with Gasteiger partial charge in [-0.2, -0.15) is 0 Å². The molecule has 1 aliphatic carbocycles. The largest absolute Gasteiger partial charge is 0.480 e. The number of carboxylic acid groups (broad SMARTS) is 1. The van der Waals surface area contributed by atoms with Crippen LogP contribution in [0.4, 0.5) is 0 Å². The number of likely N-dealkylation sites (tertiary alicyclic amines) is 1. The Morgan fingerprint density at radius 3 is 2.60 bits per heavy atom. The van der Waals surface area contributed by atoms with Gasteiger partial charge in [0.25, 0.3) is 0 Å². The zero-order valence-corrected chi connectivity index (χ0v) is 9.70. The molecule has 0 radical (unpaired) electrons. The van der Waals surface area contributed by atoms with Crippen LogP contribution in [-0.2, 0) is 4.79 Å². The fourth-order valence-corrected chi connectivity index (χ4v) is 3.07. The molecule has 0 aromatic carbocycles. The van der Waals surface area contributed by atoms with Gasteiger partial charge in [-0.15, -0.1) is 0 Å². The SMILES string of the molecule is CC1CC(N2CCCCC2(C)C(=O)O)C1. The Morgan fingerprint density at radius 1 is 1.40 bits per heavy atom. The average molecular weight is 211 g/mol. The minimum Gasteiger partial charge on any atom is -0.480 e. The topological polar surface area (TPSA) is 40.5 Å². The maximum Gasteiger partial charge on any atom is 0.323 e. The molecule has 1 saturated carbocycles. The van der Waals surface area contributed by atoms with Gasteiger partial charge < -0.3 is 5.11 Å². The van der Waals surface area contributed by atoms with Gasteiger partial charge in [-0.1, -0.05) is 6.92 Å². The molecule has 2 fully saturated rings. The van der Waals surface area contributed by atoms with Crippen LogP contribution in [0.15, 0.2) is 0 Å². The van der Waals surface area contributed by atoms with Gasteiger partial charge in [0.1, 0.15) is 5.54 Å². The number of carbonyl (C=O) groups is 1. The molecule has 0 amide bonds. The molecule has 1 aliphatic heterocycles. The van der Waals surface area contributed by atoms with Gasteiger partial charge in [-0.05, 0) is 51.5 Å². The quantitative estimate of drug-likeness (QED) is 0.760.